The normalized spacial score (nSPS) is 12.7. The van der Waals surface area contributed by atoms with Crippen LogP contribution in [0.5, 0.6) is 0 Å². The highest BCUT2D eigenvalue weighted by Gasteiger charge is 2.20. The second-order valence-electron chi connectivity index (χ2n) is 5.72. The number of benzene rings is 1. The first-order valence-corrected chi connectivity index (χ1v) is 7.69. The van der Waals surface area contributed by atoms with Crippen molar-refractivity contribution in [1.82, 2.24) is 9.78 Å². The third kappa shape index (κ3) is 3.14. The first kappa shape index (κ1) is 16.1. The maximum absolute atomic E-state index is 10.7. The van der Waals surface area contributed by atoms with Gasteiger partial charge in [-0.25, -0.2) is 0 Å². The maximum Gasteiger partial charge on any atom is 0.0851 e. The fourth-order valence-electron chi connectivity index (χ4n) is 3.04. The molecule has 1 unspecified atom stereocenters. The standard InChI is InChI=1S/C17H23ClN2O/c1-6-13-17(18)14(20(5)19-13)9-15(21)16-11(3)7-10(2)8-12(16)4/h7-8,15,21H,6,9H2,1-5H3. The van der Waals surface area contributed by atoms with Crippen LogP contribution >= 0.6 is 11.6 Å². The number of rotatable bonds is 4. The summed E-state index contributed by atoms with van der Waals surface area (Å²) in [5.41, 5.74) is 6.23. The van der Waals surface area contributed by atoms with Crippen molar-refractivity contribution in [3.05, 3.63) is 50.8 Å². The lowest BCUT2D eigenvalue weighted by Crippen LogP contribution is -2.10. The summed E-state index contributed by atoms with van der Waals surface area (Å²) in [6, 6.07) is 4.21. The van der Waals surface area contributed by atoms with Gasteiger partial charge in [-0.05, 0) is 43.9 Å². The van der Waals surface area contributed by atoms with E-state index in [0.29, 0.717) is 11.4 Å². The second-order valence-corrected chi connectivity index (χ2v) is 6.09. The van der Waals surface area contributed by atoms with E-state index in [1.54, 1.807) is 4.68 Å². The molecule has 1 aromatic carbocycles. The number of aliphatic hydroxyl groups excluding tert-OH is 1. The van der Waals surface area contributed by atoms with Gasteiger partial charge in [-0.1, -0.05) is 36.2 Å². The molecule has 0 bridgehead atoms. The Hall–Kier alpha value is -1.32. The second kappa shape index (κ2) is 6.20. The van der Waals surface area contributed by atoms with Crippen molar-refractivity contribution in [2.45, 2.75) is 46.6 Å². The number of hydrogen-bond acceptors (Lipinski definition) is 2. The van der Waals surface area contributed by atoms with Gasteiger partial charge in [-0.3, -0.25) is 4.68 Å². The van der Waals surface area contributed by atoms with Gasteiger partial charge in [0.05, 0.1) is 22.5 Å². The van der Waals surface area contributed by atoms with Gasteiger partial charge < -0.3 is 5.11 Å². The first-order valence-electron chi connectivity index (χ1n) is 7.31. The van der Waals surface area contributed by atoms with Crippen LogP contribution in [-0.2, 0) is 19.9 Å². The van der Waals surface area contributed by atoms with Crippen LogP contribution in [-0.4, -0.2) is 14.9 Å². The largest absolute Gasteiger partial charge is 0.388 e. The van der Waals surface area contributed by atoms with E-state index in [9.17, 15) is 5.11 Å². The van der Waals surface area contributed by atoms with Gasteiger partial charge in [0.25, 0.3) is 0 Å². The number of nitrogens with zero attached hydrogens (tertiary/aromatic N) is 2. The third-order valence-electron chi connectivity index (χ3n) is 3.96. The summed E-state index contributed by atoms with van der Waals surface area (Å²) >= 11 is 6.37. The fourth-order valence-corrected chi connectivity index (χ4v) is 3.41. The Balaban J connectivity index is 2.35. The van der Waals surface area contributed by atoms with Gasteiger partial charge in [-0.2, -0.15) is 5.10 Å². The van der Waals surface area contributed by atoms with Crippen molar-refractivity contribution in [3.63, 3.8) is 0 Å². The highest BCUT2D eigenvalue weighted by Crippen LogP contribution is 2.29. The average molecular weight is 307 g/mol. The van der Waals surface area contributed by atoms with E-state index in [-0.39, 0.29) is 0 Å². The summed E-state index contributed by atoms with van der Waals surface area (Å²) in [5.74, 6) is 0. The predicted octanol–water partition coefficient (Wildman–Crippen LogP) is 3.84. The van der Waals surface area contributed by atoms with Crippen molar-refractivity contribution in [3.8, 4) is 0 Å². The van der Waals surface area contributed by atoms with E-state index in [1.807, 2.05) is 27.8 Å². The number of halogens is 1. The Kier molecular flexibility index (Phi) is 4.74. The lowest BCUT2D eigenvalue weighted by molar-refractivity contribution is 0.174. The SMILES string of the molecule is CCc1nn(C)c(CC(O)c2c(C)cc(C)cc2C)c1Cl. The number of aromatic nitrogens is 2. The van der Waals surface area contributed by atoms with Crippen LogP contribution in [0.15, 0.2) is 12.1 Å². The molecule has 0 saturated heterocycles. The third-order valence-corrected chi connectivity index (χ3v) is 4.40. The number of hydrogen-bond donors (Lipinski definition) is 1. The van der Waals surface area contributed by atoms with Crippen molar-refractivity contribution >= 4 is 11.6 Å². The molecule has 21 heavy (non-hydrogen) atoms. The van der Waals surface area contributed by atoms with E-state index >= 15 is 0 Å². The van der Waals surface area contributed by atoms with Gasteiger partial charge in [0.2, 0.25) is 0 Å². The minimum atomic E-state index is -0.566. The molecular weight excluding hydrogens is 284 g/mol. The molecular formula is C17H23ClN2O. The Morgan fingerprint density at radius 2 is 1.81 bits per heavy atom. The van der Waals surface area contributed by atoms with Gasteiger partial charge in [0, 0.05) is 13.5 Å². The summed E-state index contributed by atoms with van der Waals surface area (Å²) in [4.78, 5) is 0. The molecule has 1 aromatic heterocycles. The van der Waals surface area contributed by atoms with Crippen LogP contribution in [0.25, 0.3) is 0 Å². The van der Waals surface area contributed by atoms with Crippen LogP contribution in [0, 0.1) is 20.8 Å². The van der Waals surface area contributed by atoms with E-state index in [0.717, 1.165) is 34.5 Å². The lowest BCUT2D eigenvalue weighted by atomic mass is 9.93. The topological polar surface area (TPSA) is 38.0 Å². The molecule has 1 atom stereocenters. The highest BCUT2D eigenvalue weighted by atomic mass is 35.5. The molecule has 2 aromatic rings. The number of aliphatic hydroxyl groups is 1. The minimum absolute atomic E-state index is 0.479. The van der Waals surface area contributed by atoms with Crippen LogP contribution in [0.2, 0.25) is 5.02 Å². The Morgan fingerprint density at radius 1 is 1.24 bits per heavy atom. The molecule has 0 aliphatic carbocycles. The van der Waals surface area contributed by atoms with Crippen LogP contribution in [0.4, 0.5) is 0 Å². The molecule has 0 aliphatic rings. The Bertz CT molecular complexity index is 638. The number of aryl methyl sites for hydroxylation is 5. The molecule has 0 aliphatic heterocycles. The average Bonchev–Trinajstić information content (AvgIpc) is 2.65. The Morgan fingerprint density at radius 3 is 2.29 bits per heavy atom. The van der Waals surface area contributed by atoms with Crippen molar-refractivity contribution in [2.24, 2.45) is 7.05 Å². The molecule has 1 N–H and O–H groups in total. The van der Waals surface area contributed by atoms with Gasteiger partial charge >= 0.3 is 0 Å². The zero-order valence-corrected chi connectivity index (χ0v) is 14.1. The predicted molar refractivity (Wildman–Crippen MR) is 86.9 cm³/mol. The van der Waals surface area contributed by atoms with Crippen LogP contribution in [0.1, 0.15) is 46.7 Å². The lowest BCUT2D eigenvalue weighted by Gasteiger charge is -2.18. The maximum atomic E-state index is 10.7. The minimum Gasteiger partial charge on any atom is -0.388 e. The van der Waals surface area contributed by atoms with Crippen molar-refractivity contribution in [2.75, 3.05) is 0 Å². The molecule has 0 fully saturated rings. The fraction of sp³-hybridized carbons (Fsp3) is 0.471. The molecule has 0 amide bonds. The molecule has 0 spiro atoms. The zero-order chi connectivity index (χ0) is 15.7. The quantitative estimate of drug-likeness (QED) is 0.932. The summed E-state index contributed by atoms with van der Waals surface area (Å²) in [5, 5.41) is 15.7. The van der Waals surface area contributed by atoms with Crippen LogP contribution in [0.3, 0.4) is 0 Å². The van der Waals surface area contributed by atoms with Crippen molar-refractivity contribution < 1.29 is 5.11 Å². The molecule has 2 rings (SSSR count). The van der Waals surface area contributed by atoms with E-state index < -0.39 is 6.10 Å². The van der Waals surface area contributed by atoms with Gasteiger partial charge in [0.1, 0.15) is 0 Å². The monoisotopic (exact) mass is 306 g/mol. The van der Waals surface area contributed by atoms with Crippen molar-refractivity contribution in [1.29, 1.82) is 0 Å². The summed E-state index contributed by atoms with van der Waals surface area (Å²) in [7, 11) is 1.88. The van der Waals surface area contributed by atoms with E-state index in [1.165, 1.54) is 5.56 Å². The van der Waals surface area contributed by atoms with E-state index in [4.69, 9.17) is 11.6 Å². The first-order chi connectivity index (χ1) is 9.85. The summed E-state index contributed by atoms with van der Waals surface area (Å²) in [6.07, 6.45) is 0.710. The molecule has 1 heterocycles. The molecule has 114 valence electrons. The zero-order valence-electron chi connectivity index (χ0n) is 13.4. The van der Waals surface area contributed by atoms with Crippen LogP contribution < -0.4 is 0 Å². The molecule has 0 radical (unpaired) electrons. The van der Waals surface area contributed by atoms with Gasteiger partial charge in [0.15, 0.2) is 0 Å². The van der Waals surface area contributed by atoms with E-state index in [2.05, 4.69) is 24.2 Å². The summed E-state index contributed by atoms with van der Waals surface area (Å²) < 4.78 is 1.78. The highest BCUT2D eigenvalue weighted by molar-refractivity contribution is 6.31. The molecule has 4 heteroatoms. The summed E-state index contributed by atoms with van der Waals surface area (Å²) in [6.45, 7) is 8.19. The molecule has 0 saturated carbocycles. The molecule has 3 nitrogen and oxygen atoms in total. The van der Waals surface area contributed by atoms with Gasteiger partial charge in [-0.15, -0.1) is 0 Å². The smallest absolute Gasteiger partial charge is 0.0851 e. The Labute approximate surface area is 131 Å².